The average Bonchev–Trinajstić information content (AvgIpc) is 3.07. The van der Waals surface area contributed by atoms with E-state index in [2.05, 4.69) is 0 Å². The molecule has 40 heavy (non-hydrogen) atoms. The number of ketones is 1. The molecule has 0 aliphatic carbocycles. The van der Waals surface area contributed by atoms with Crippen LogP contribution in [0, 0.1) is 0 Å². The Balaban J connectivity index is 1.70. The standard InChI is InChI=1S/C28H27ClF3N3O4S/c1-3-7-22(37)39-26-20(36)12-13-34-25(26)27(38)33(16(2)28(30,31)32)15-35(34)24-18-9-4-5-11-21(18)40-14-17-8-6-10-19(29)23(17)24/h4-6,8-13,16,24-26H,3,7,14-15H2,1-2H3/t16-,24-,25?,26?/m1/s1. The molecule has 3 aliphatic rings. The van der Waals surface area contributed by atoms with Gasteiger partial charge in [-0.25, -0.2) is 0 Å². The van der Waals surface area contributed by atoms with Crippen LogP contribution in [0.2, 0.25) is 5.02 Å². The zero-order chi connectivity index (χ0) is 28.8. The minimum absolute atomic E-state index is 0.00298. The Morgan fingerprint density at radius 1 is 1.18 bits per heavy atom. The highest BCUT2D eigenvalue weighted by molar-refractivity contribution is 7.98. The van der Waals surface area contributed by atoms with E-state index in [4.69, 9.17) is 16.3 Å². The molecule has 0 N–H and O–H groups in total. The van der Waals surface area contributed by atoms with E-state index in [0.29, 0.717) is 27.7 Å². The third-order valence-electron chi connectivity index (χ3n) is 7.34. The van der Waals surface area contributed by atoms with Crippen molar-refractivity contribution in [1.82, 2.24) is 14.9 Å². The molecule has 0 aromatic heterocycles. The topological polar surface area (TPSA) is 70.2 Å². The lowest BCUT2D eigenvalue weighted by molar-refractivity contribution is -0.224. The zero-order valence-electron chi connectivity index (χ0n) is 21.7. The highest BCUT2D eigenvalue weighted by Crippen LogP contribution is 2.47. The normalized spacial score (nSPS) is 23.7. The quantitative estimate of drug-likeness (QED) is 0.425. The van der Waals surface area contributed by atoms with Gasteiger partial charge in [0.2, 0.25) is 5.78 Å². The number of thioether (sulfide) groups is 1. The Labute approximate surface area is 238 Å². The van der Waals surface area contributed by atoms with E-state index in [1.54, 1.807) is 29.8 Å². The number of alkyl halides is 3. The fraction of sp³-hybridized carbons (Fsp3) is 0.393. The van der Waals surface area contributed by atoms with Crippen molar-refractivity contribution in [2.75, 3.05) is 6.67 Å². The van der Waals surface area contributed by atoms with Gasteiger partial charge < -0.3 is 9.64 Å². The Morgan fingerprint density at radius 2 is 1.93 bits per heavy atom. The van der Waals surface area contributed by atoms with Crippen molar-refractivity contribution < 1.29 is 32.3 Å². The summed E-state index contributed by atoms with van der Waals surface area (Å²) in [6.45, 7) is 2.21. The van der Waals surface area contributed by atoms with Crippen molar-refractivity contribution in [2.24, 2.45) is 0 Å². The molecule has 0 spiro atoms. The molecule has 12 heteroatoms. The Morgan fingerprint density at radius 3 is 2.65 bits per heavy atom. The minimum atomic E-state index is -4.74. The molecule has 2 aromatic carbocycles. The second kappa shape index (κ2) is 11.1. The lowest BCUT2D eigenvalue weighted by Crippen LogP contribution is -2.71. The number of carbonyl (C=O) groups excluding carboxylic acids is 3. The van der Waals surface area contributed by atoms with Gasteiger partial charge in [-0.05, 0) is 42.2 Å². The van der Waals surface area contributed by atoms with Crippen molar-refractivity contribution in [3.63, 3.8) is 0 Å². The molecule has 4 atom stereocenters. The lowest BCUT2D eigenvalue weighted by atomic mass is 9.92. The van der Waals surface area contributed by atoms with Crippen LogP contribution in [0.15, 0.2) is 59.6 Å². The maximum Gasteiger partial charge on any atom is 0.408 e. The third-order valence-corrected chi connectivity index (χ3v) is 8.81. The number of carbonyl (C=O) groups is 3. The van der Waals surface area contributed by atoms with E-state index in [0.717, 1.165) is 22.9 Å². The van der Waals surface area contributed by atoms with Crippen LogP contribution in [0.1, 0.15) is 49.4 Å². The summed E-state index contributed by atoms with van der Waals surface area (Å²) >= 11 is 8.35. The molecule has 2 unspecified atom stereocenters. The Kier molecular flexibility index (Phi) is 7.91. The number of halogens is 4. The number of hydrogen-bond acceptors (Lipinski definition) is 7. The van der Waals surface area contributed by atoms with Crippen LogP contribution in [-0.2, 0) is 24.9 Å². The number of hydrogen-bond donors (Lipinski definition) is 0. The summed E-state index contributed by atoms with van der Waals surface area (Å²) in [4.78, 5) is 40.8. The largest absolute Gasteiger partial charge is 0.451 e. The third kappa shape index (κ3) is 5.10. The first-order chi connectivity index (χ1) is 19.0. The molecular weight excluding hydrogens is 567 g/mol. The van der Waals surface area contributed by atoms with Crippen molar-refractivity contribution in [3.05, 3.63) is 76.5 Å². The molecule has 1 fully saturated rings. The summed E-state index contributed by atoms with van der Waals surface area (Å²) in [6, 6.07) is 8.58. The molecule has 7 nitrogen and oxygen atoms in total. The van der Waals surface area contributed by atoms with E-state index in [1.807, 2.05) is 36.4 Å². The summed E-state index contributed by atoms with van der Waals surface area (Å²) in [6.07, 6.45) is -3.34. The zero-order valence-corrected chi connectivity index (χ0v) is 23.3. The van der Waals surface area contributed by atoms with Gasteiger partial charge in [-0.2, -0.15) is 18.2 Å². The van der Waals surface area contributed by atoms with Gasteiger partial charge in [0.25, 0.3) is 5.91 Å². The van der Waals surface area contributed by atoms with Gasteiger partial charge in [-0.3, -0.25) is 19.4 Å². The highest BCUT2D eigenvalue weighted by Gasteiger charge is 2.55. The number of amides is 1. The molecule has 1 saturated heterocycles. The van der Waals surface area contributed by atoms with Gasteiger partial charge in [-0.1, -0.05) is 48.9 Å². The second-order valence-corrected chi connectivity index (χ2v) is 11.3. The van der Waals surface area contributed by atoms with Crippen LogP contribution >= 0.6 is 23.4 Å². The molecule has 0 bridgehead atoms. The van der Waals surface area contributed by atoms with Gasteiger partial charge >= 0.3 is 12.1 Å². The number of esters is 1. The highest BCUT2D eigenvalue weighted by atomic mass is 35.5. The molecule has 212 valence electrons. The first kappa shape index (κ1) is 28.5. The van der Waals surface area contributed by atoms with Gasteiger partial charge in [0, 0.05) is 34.4 Å². The van der Waals surface area contributed by atoms with Gasteiger partial charge in [0.05, 0.1) is 12.7 Å². The maximum atomic E-state index is 14.1. The van der Waals surface area contributed by atoms with Crippen molar-refractivity contribution in [1.29, 1.82) is 0 Å². The fourth-order valence-corrected chi connectivity index (χ4v) is 6.67. The monoisotopic (exact) mass is 593 g/mol. The molecular formula is C28H27ClF3N3O4S. The summed E-state index contributed by atoms with van der Waals surface area (Å²) in [5.41, 5.74) is 2.38. The van der Waals surface area contributed by atoms with Gasteiger partial charge in [-0.15, -0.1) is 11.8 Å². The van der Waals surface area contributed by atoms with Crippen molar-refractivity contribution >= 4 is 41.0 Å². The minimum Gasteiger partial charge on any atom is -0.451 e. The number of nitrogens with zero attached hydrogens (tertiary/aromatic N) is 3. The number of benzene rings is 2. The summed E-state index contributed by atoms with van der Waals surface area (Å²) < 4.78 is 47.7. The van der Waals surface area contributed by atoms with Gasteiger partial charge in [0.1, 0.15) is 6.04 Å². The van der Waals surface area contributed by atoms with Crippen LogP contribution in [0.3, 0.4) is 0 Å². The molecule has 3 heterocycles. The lowest BCUT2D eigenvalue weighted by Gasteiger charge is -2.54. The van der Waals surface area contributed by atoms with Crippen LogP contribution in [0.5, 0.6) is 0 Å². The van der Waals surface area contributed by atoms with Crippen LogP contribution in [0.25, 0.3) is 0 Å². The van der Waals surface area contributed by atoms with Crippen LogP contribution in [-0.4, -0.2) is 63.6 Å². The van der Waals surface area contributed by atoms with Crippen molar-refractivity contribution in [3.8, 4) is 0 Å². The van der Waals surface area contributed by atoms with E-state index in [1.165, 1.54) is 17.3 Å². The number of ether oxygens (including phenoxy) is 1. The number of fused-ring (bicyclic) bond motifs is 3. The summed E-state index contributed by atoms with van der Waals surface area (Å²) in [7, 11) is 0. The smallest absolute Gasteiger partial charge is 0.408 e. The first-order valence-electron chi connectivity index (χ1n) is 12.9. The molecule has 0 saturated carbocycles. The SMILES string of the molecule is CCCC(=O)OC1C(=O)C=CN2C1C(=O)N([C@H](C)C(F)(F)F)CN2[C@@H]1c2ccccc2SCc2cccc(Cl)c21. The van der Waals surface area contributed by atoms with E-state index < -0.39 is 54.7 Å². The molecule has 0 radical (unpaired) electrons. The van der Waals surface area contributed by atoms with E-state index in [-0.39, 0.29) is 6.42 Å². The van der Waals surface area contributed by atoms with Crippen LogP contribution < -0.4 is 0 Å². The number of hydrazine groups is 1. The molecule has 1 amide bonds. The van der Waals surface area contributed by atoms with Gasteiger partial charge in [0.15, 0.2) is 12.1 Å². The fourth-order valence-electron chi connectivity index (χ4n) is 5.29. The maximum absolute atomic E-state index is 14.1. The molecule has 2 aromatic rings. The number of rotatable bonds is 5. The van der Waals surface area contributed by atoms with E-state index >= 15 is 0 Å². The Bertz CT molecular complexity index is 1370. The summed E-state index contributed by atoms with van der Waals surface area (Å²) in [5.74, 6) is -1.76. The molecule has 3 aliphatic heterocycles. The van der Waals surface area contributed by atoms with E-state index in [9.17, 15) is 27.6 Å². The van der Waals surface area contributed by atoms with Crippen LogP contribution in [0.4, 0.5) is 13.2 Å². The predicted octanol–water partition coefficient (Wildman–Crippen LogP) is 5.48. The second-order valence-electron chi connectivity index (χ2n) is 9.85. The first-order valence-corrected chi connectivity index (χ1v) is 14.2. The molecule has 5 rings (SSSR count). The average molecular weight is 594 g/mol. The van der Waals surface area contributed by atoms with Crippen molar-refractivity contribution in [2.45, 2.75) is 67.7 Å². The summed E-state index contributed by atoms with van der Waals surface area (Å²) in [5, 5.41) is 3.48. The Hall–Kier alpha value is -3.02. The predicted molar refractivity (Wildman–Crippen MR) is 143 cm³/mol.